The van der Waals surface area contributed by atoms with Crippen LogP contribution in [0, 0.1) is 11.8 Å². The maximum Gasteiger partial charge on any atom is 0.0221 e. The Hall–Kier alpha value is -0.0800. The molecule has 0 aromatic carbocycles. The van der Waals surface area contributed by atoms with Crippen LogP contribution >= 0.6 is 0 Å². The van der Waals surface area contributed by atoms with Crippen LogP contribution in [-0.4, -0.2) is 36.1 Å². The normalized spacial score (nSPS) is 39.2. The Bertz CT molecular complexity index is 264. The topological polar surface area (TPSA) is 15.3 Å². The second kappa shape index (κ2) is 7.08. The van der Waals surface area contributed by atoms with E-state index in [0.717, 1.165) is 23.9 Å². The third-order valence-corrected chi connectivity index (χ3v) is 5.78. The van der Waals surface area contributed by atoms with Crippen LogP contribution in [0.1, 0.15) is 66.2 Å². The van der Waals surface area contributed by atoms with Gasteiger partial charge in [-0.3, -0.25) is 4.90 Å². The highest BCUT2D eigenvalue weighted by Gasteiger charge is 2.34. The first-order valence-corrected chi connectivity index (χ1v) is 8.64. The molecule has 5 unspecified atom stereocenters. The van der Waals surface area contributed by atoms with Crippen LogP contribution < -0.4 is 5.32 Å². The van der Waals surface area contributed by atoms with E-state index in [-0.39, 0.29) is 0 Å². The van der Waals surface area contributed by atoms with Crippen molar-refractivity contribution in [1.82, 2.24) is 10.2 Å². The summed E-state index contributed by atoms with van der Waals surface area (Å²) in [5.41, 5.74) is 0. The fourth-order valence-electron chi connectivity index (χ4n) is 4.02. The highest BCUT2D eigenvalue weighted by Crippen LogP contribution is 2.32. The van der Waals surface area contributed by atoms with Gasteiger partial charge < -0.3 is 5.32 Å². The molecule has 5 atom stereocenters. The SMILES string of the molecule is CCC1CCCC(N2CC(C(C)CC)NCC2C)C1. The van der Waals surface area contributed by atoms with Crippen LogP contribution in [0.3, 0.4) is 0 Å². The van der Waals surface area contributed by atoms with Crippen molar-refractivity contribution in [2.75, 3.05) is 13.1 Å². The molecule has 1 saturated carbocycles. The molecule has 0 bridgehead atoms. The average Bonchev–Trinajstić information content (AvgIpc) is 2.47. The summed E-state index contributed by atoms with van der Waals surface area (Å²) in [7, 11) is 0. The predicted octanol–water partition coefficient (Wildman–Crippen LogP) is 3.66. The molecule has 1 N–H and O–H groups in total. The summed E-state index contributed by atoms with van der Waals surface area (Å²) in [5.74, 6) is 1.79. The summed E-state index contributed by atoms with van der Waals surface area (Å²) >= 11 is 0. The van der Waals surface area contributed by atoms with E-state index in [1.165, 1.54) is 51.6 Å². The molecule has 2 nitrogen and oxygen atoms in total. The van der Waals surface area contributed by atoms with Gasteiger partial charge in [-0.15, -0.1) is 0 Å². The molecule has 1 aliphatic carbocycles. The Labute approximate surface area is 120 Å². The third-order valence-electron chi connectivity index (χ3n) is 5.78. The van der Waals surface area contributed by atoms with Gasteiger partial charge in [-0.2, -0.15) is 0 Å². The van der Waals surface area contributed by atoms with Crippen molar-refractivity contribution in [2.45, 2.75) is 84.3 Å². The largest absolute Gasteiger partial charge is 0.311 e. The second-order valence-corrected chi connectivity index (χ2v) is 7.04. The second-order valence-electron chi connectivity index (χ2n) is 7.04. The zero-order valence-electron chi connectivity index (χ0n) is 13.5. The van der Waals surface area contributed by atoms with Crippen LogP contribution in [-0.2, 0) is 0 Å². The summed E-state index contributed by atoms with van der Waals surface area (Å²) in [4.78, 5) is 2.84. The van der Waals surface area contributed by atoms with Crippen LogP contribution in [0.25, 0.3) is 0 Å². The van der Waals surface area contributed by atoms with Crippen LogP contribution in [0.2, 0.25) is 0 Å². The van der Waals surface area contributed by atoms with Gasteiger partial charge in [0.1, 0.15) is 0 Å². The molecule has 0 radical (unpaired) electrons. The molecule has 0 spiro atoms. The van der Waals surface area contributed by atoms with Gasteiger partial charge in [-0.25, -0.2) is 0 Å². The molecule has 1 heterocycles. The van der Waals surface area contributed by atoms with Crippen molar-refractivity contribution in [3.05, 3.63) is 0 Å². The highest BCUT2D eigenvalue weighted by atomic mass is 15.3. The summed E-state index contributed by atoms with van der Waals surface area (Å²) < 4.78 is 0. The van der Waals surface area contributed by atoms with Gasteiger partial charge in [0.25, 0.3) is 0 Å². The lowest BCUT2D eigenvalue weighted by Crippen LogP contribution is -2.60. The van der Waals surface area contributed by atoms with Gasteiger partial charge in [0.15, 0.2) is 0 Å². The van der Waals surface area contributed by atoms with Crippen LogP contribution in [0.5, 0.6) is 0 Å². The molecule has 1 aliphatic heterocycles. The molecule has 1 saturated heterocycles. The molecule has 19 heavy (non-hydrogen) atoms. The van der Waals surface area contributed by atoms with E-state index in [9.17, 15) is 0 Å². The van der Waals surface area contributed by atoms with E-state index >= 15 is 0 Å². The Morgan fingerprint density at radius 1 is 1.26 bits per heavy atom. The molecule has 2 rings (SSSR count). The van der Waals surface area contributed by atoms with Gasteiger partial charge in [0.05, 0.1) is 0 Å². The number of nitrogens with zero attached hydrogens (tertiary/aromatic N) is 1. The fourth-order valence-corrected chi connectivity index (χ4v) is 4.02. The zero-order valence-corrected chi connectivity index (χ0v) is 13.5. The van der Waals surface area contributed by atoms with Gasteiger partial charge in [0, 0.05) is 31.2 Å². The minimum absolute atomic E-state index is 0.711. The number of hydrogen-bond donors (Lipinski definition) is 1. The fraction of sp³-hybridized carbons (Fsp3) is 1.00. The predicted molar refractivity (Wildman–Crippen MR) is 83.5 cm³/mol. The van der Waals surface area contributed by atoms with Crippen molar-refractivity contribution >= 4 is 0 Å². The Morgan fingerprint density at radius 3 is 2.74 bits per heavy atom. The first-order valence-electron chi connectivity index (χ1n) is 8.64. The van der Waals surface area contributed by atoms with E-state index in [1.807, 2.05) is 0 Å². The van der Waals surface area contributed by atoms with Crippen molar-refractivity contribution in [3.63, 3.8) is 0 Å². The number of rotatable bonds is 4. The maximum absolute atomic E-state index is 3.77. The molecule has 0 aromatic heterocycles. The molecule has 112 valence electrons. The van der Waals surface area contributed by atoms with E-state index in [0.29, 0.717) is 6.04 Å². The van der Waals surface area contributed by atoms with Gasteiger partial charge >= 0.3 is 0 Å². The highest BCUT2D eigenvalue weighted by molar-refractivity contribution is 4.91. The summed E-state index contributed by atoms with van der Waals surface area (Å²) in [5, 5.41) is 3.77. The minimum atomic E-state index is 0.711. The van der Waals surface area contributed by atoms with Crippen molar-refractivity contribution in [1.29, 1.82) is 0 Å². The Balaban J connectivity index is 1.96. The molecule has 2 heteroatoms. The summed E-state index contributed by atoms with van der Waals surface area (Å²) in [6.07, 6.45) is 8.49. The number of piperazine rings is 1. The van der Waals surface area contributed by atoms with E-state index in [1.54, 1.807) is 0 Å². The Kier molecular flexibility index (Phi) is 5.70. The molecule has 2 aliphatic rings. The van der Waals surface area contributed by atoms with E-state index < -0.39 is 0 Å². The zero-order chi connectivity index (χ0) is 13.8. The molecule has 0 amide bonds. The van der Waals surface area contributed by atoms with Crippen LogP contribution in [0.4, 0.5) is 0 Å². The lowest BCUT2D eigenvalue weighted by molar-refractivity contribution is 0.0449. The average molecular weight is 266 g/mol. The van der Waals surface area contributed by atoms with Gasteiger partial charge in [-0.05, 0) is 31.6 Å². The van der Waals surface area contributed by atoms with Crippen LogP contribution in [0.15, 0.2) is 0 Å². The summed E-state index contributed by atoms with van der Waals surface area (Å²) in [6.45, 7) is 12.0. The lowest BCUT2D eigenvalue weighted by atomic mass is 9.82. The first-order chi connectivity index (χ1) is 9.15. The van der Waals surface area contributed by atoms with Crippen molar-refractivity contribution < 1.29 is 0 Å². The third kappa shape index (κ3) is 3.72. The maximum atomic E-state index is 3.77. The van der Waals surface area contributed by atoms with Crippen molar-refractivity contribution in [2.24, 2.45) is 11.8 Å². The van der Waals surface area contributed by atoms with E-state index in [2.05, 4.69) is 37.9 Å². The quantitative estimate of drug-likeness (QED) is 0.835. The number of nitrogens with one attached hydrogen (secondary N) is 1. The number of hydrogen-bond acceptors (Lipinski definition) is 2. The first kappa shape index (κ1) is 15.3. The van der Waals surface area contributed by atoms with Crippen molar-refractivity contribution in [3.8, 4) is 0 Å². The smallest absolute Gasteiger partial charge is 0.0221 e. The molecular weight excluding hydrogens is 232 g/mol. The van der Waals surface area contributed by atoms with Gasteiger partial charge in [-0.1, -0.05) is 46.5 Å². The lowest BCUT2D eigenvalue weighted by Gasteiger charge is -2.47. The molecule has 0 aromatic rings. The van der Waals surface area contributed by atoms with Gasteiger partial charge in [0.2, 0.25) is 0 Å². The standard InChI is InChI=1S/C17H34N2/c1-5-13(3)17-12-19(14(4)11-18-17)16-9-7-8-15(6-2)10-16/h13-18H,5-12H2,1-4H3. The molecule has 2 fully saturated rings. The Morgan fingerprint density at radius 2 is 2.05 bits per heavy atom. The minimum Gasteiger partial charge on any atom is -0.311 e. The summed E-state index contributed by atoms with van der Waals surface area (Å²) in [6, 6.07) is 2.30. The van der Waals surface area contributed by atoms with E-state index in [4.69, 9.17) is 0 Å². The molecular formula is C17H34N2. The monoisotopic (exact) mass is 266 g/mol.